The van der Waals surface area contributed by atoms with Crippen LogP contribution in [-0.2, 0) is 13.5 Å². The second-order valence-electron chi connectivity index (χ2n) is 4.34. The summed E-state index contributed by atoms with van der Waals surface area (Å²) >= 11 is 6.03. The van der Waals surface area contributed by atoms with E-state index in [9.17, 15) is 10.2 Å². The van der Waals surface area contributed by atoms with E-state index in [2.05, 4.69) is 5.10 Å². The first-order valence-corrected chi connectivity index (χ1v) is 5.19. The molecule has 1 aromatic heterocycles. The van der Waals surface area contributed by atoms with Crippen LogP contribution in [0.1, 0.15) is 25.2 Å². The quantitative estimate of drug-likeness (QED) is 0.819. The van der Waals surface area contributed by atoms with Crippen molar-refractivity contribution in [3.05, 3.63) is 16.4 Å². The average molecular weight is 233 g/mol. The van der Waals surface area contributed by atoms with E-state index in [1.165, 1.54) is 0 Å². The van der Waals surface area contributed by atoms with Crippen molar-refractivity contribution < 1.29 is 10.2 Å². The number of hydrogen-bond acceptors (Lipinski definition) is 3. The van der Waals surface area contributed by atoms with Crippen molar-refractivity contribution in [3.63, 3.8) is 0 Å². The van der Waals surface area contributed by atoms with Gasteiger partial charge in [0.05, 0.1) is 28.1 Å². The van der Waals surface area contributed by atoms with Gasteiger partial charge in [0.1, 0.15) is 0 Å². The predicted molar refractivity (Wildman–Crippen MR) is 59.0 cm³/mol. The van der Waals surface area contributed by atoms with Crippen molar-refractivity contribution in [1.29, 1.82) is 0 Å². The molecule has 2 N–H and O–H groups in total. The maximum absolute atomic E-state index is 9.75. The van der Waals surface area contributed by atoms with Crippen molar-refractivity contribution in [2.24, 2.45) is 7.05 Å². The average Bonchev–Trinajstić information content (AvgIpc) is 2.30. The largest absolute Gasteiger partial charge is 0.390 e. The fraction of sp³-hybridized carbons (Fsp3) is 0.700. The first-order chi connectivity index (χ1) is 6.73. The molecule has 0 aliphatic rings. The van der Waals surface area contributed by atoms with Crippen LogP contribution < -0.4 is 0 Å². The summed E-state index contributed by atoms with van der Waals surface area (Å²) in [5.74, 6) is 0. The molecule has 0 aliphatic heterocycles. The molecule has 4 nitrogen and oxygen atoms in total. The first-order valence-electron chi connectivity index (χ1n) is 4.82. The van der Waals surface area contributed by atoms with Crippen LogP contribution in [0.25, 0.3) is 0 Å². The summed E-state index contributed by atoms with van der Waals surface area (Å²) in [5.41, 5.74) is 0.336. The normalized spacial score (nSPS) is 14.3. The van der Waals surface area contributed by atoms with Crippen LogP contribution in [0.15, 0.2) is 0 Å². The molecule has 0 amide bonds. The van der Waals surface area contributed by atoms with Crippen molar-refractivity contribution in [3.8, 4) is 0 Å². The van der Waals surface area contributed by atoms with Crippen LogP contribution >= 0.6 is 11.6 Å². The van der Waals surface area contributed by atoms with E-state index >= 15 is 0 Å². The lowest BCUT2D eigenvalue weighted by molar-refractivity contribution is -0.0476. The molecule has 0 fully saturated rings. The molecule has 1 heterocycles. The summed E-state index contributed by atoms with van der Waals surface area (Å²) in [4.78, 5) is 0. The summed E-state index contributed by atoms with van der Waals surface area (Å²) in [6.45, 7) is 4.94. The van der Waals surface area contributed by atoms with Gasteiger partial charge in [-0.25, -0.2) is 0 Å². The molecule has 0 radical (unpaired) electrons. The fourth-order valence-electron chi connectivity index (χ4n) is 1.33. The molecule has 1 unspecified atom stereocenters. The van der Waals surface area contributed by atoms with Crippen molar-refractivity contribution >= 4 is 11.6 Å². The van der Waals surface area contributed by atoms with Crippen molar-refractivity contribution in [1.82, 2.24) is 9.78 Å². The second kappa shape index (κ2) is 4.12. The molecule has 0 saturated heterocycles. The standard InChI is InChI=1S/C10H17ClN2O2/c1-6-9(11)7(13(4)12-6)5-8(14)10(2,3)15/h8,14-15H,5H2,1-4H3. The number of aryl methyl sites for hydroxylation is 2. The number of aliphatic hydroxyl groups excluding tert-OH is 1. The monoisotopic (exact) mass is 232 g/mol. The Hall–Kier alpha value is -0.580. The SMILES string of the molecule is Cc1nn(C)c(CC(O)C(C)(C)O)c1Cl. The van der Waals surface area contributed by atoms with Crippen LogP contribution in [0.5, 0.6) is 0 Å². The molecule has 5 heteroatoms. The Morgan fingerprint density at radius 2 is 2.07 bits per heavy atom. The van der Waals surface area contributed by atoms with Gasteiger partial charge in [-0.05, 0) is 20.8 Å². The third-order valence-corrected chi connectivity index (χ3v) is 2.96. The Bertz CT molecular complexity index is 355. The highest BCUT2D eigenvalue weighted by atomic mass is 35.5. The highest BCUT2D eigenvalue weighted by molar-refractivity contribution is 6.31. The minimum absolute atomic E-state index is 0.291. The topological polar surface area (TPSA) is 58.3 Å². The van der Waals surface area contributed by atoms with Gasteiger partial charge in [-0.15, -0.1) is 0 Å². The zero-order chi connectivity index (χ0) is 11.8. The second-order valence-corrected chi connectivity index (χ2v) is 4.72. The van der Waals surface area contributed by atoms with Crippen molar-refractivity contribution in [2.75, 3.05) is 0 Å². The fourth-order valence-corrected chi connectivity index (χ4v) is 1.57. The maximum Gasteiger partial charge on any atom is 0.0877 e. The maximum atomic E-state index is 9.75. The number of aliphatic hydroxyl groups is 2. The molecule has 0 bridgehead atoms. The van der Waals surface area contributed by atoms with E-state index in [1.54, 1.807) is 25.6 Å². The number of aromatic nitrogens is 2. The number of halogens is 1. The number of hydrogen-bond donors (Lipinski definition) is 2. The number of nitrogens with zero attached hydrogens (tertiary/aromatic N) is 2. The highest BCUT2D eigenvalue weighted by Crippen LogP contribution is 2.23. The first kappa shape index (κ1) is 12.5. The Kier molecular flexibility index (Phi) is 3.43. The minimum atomic E-state index is -1.14. The molecular weight excluding hydrogens is 216 g/mol. The summed E-state index contributed by atoms with van der Waals surface area (Å²) < 4.78 is 1.63. The van der Waals surface area contributed by atoms with E-state index < -0.39 is 11.7 Å². The van der Waals surface area contributed by atoms with Gasteiger partial charge in [0.2, 0.25) is 0 Å². The molecule has 1 atom stereocenters. The molecular formula is C10H17ClN2O2. The van der Waals surface area contributed by atoms with Crippen LogP contribution in [0.3, 0.4) is 0 Å². The summed E-state index contributed by atoms with van der Waals surface area (Å²) in [6, 6.07) is 0. The van der Waals surface area contributed by atoms with E-state index in [0.29, 0.717) is 11.4 Å². The highest BCUT2D eigenvalue weighted by Gasteiger charge is 2.27. The molecule has 86 valence electrons. The van der Waals surface area contributed by atoms with Crippen LogP contribution in [0.4, 0.5) is 0 Å². The number of rotatable bonds is 3. The van der Waals surface area contributed by atoms with E-state index in [1.807, 2.05) is 6.92 Å². The van der Waals surface area contributed by atoms with Gasteiger partial charge in [-0.3, -0.25) is 4.68 Å². The zero-order valence-corrected chi connectivity index (χ0v) is 10.2. The summed E-state index contributed by atoms with van der Waals surface area (Å²) in [5, 5.41) is 24.1. The van der Waals surface area contributed by atoms with Gasteiger partial charge in [0.25, 0.3) is 0 Å². The van der Waals surface area contributed by atoms with Gasteiger partial charge in [-0.1, -0.05) is 11.6 Å². The minimum Gasteiger partial charge on any atom is -0.390 e. The van der Waals surface area contributed by atoms with Crippen LogP contribution in [0, 0.1) is 6.92 Å². The molecule has 0 aliphatic carbocycles. The van der Waals surface area contributed by atoms with Crippen LogP contribution in [-0.4, -0.2) is 31.7 Å². The predicted octanol–water partition coefficient (Wildman–Crippen LogP) is 1.06. The van der Waals surface area contributed by atoms with Gasteiger partial charge in [0.15, 0.2) is 0 Å². The van der Waals surface area contributed by atoms with E-state index in [4.69, 9.17) is 11.6 Å². The lowest BCUT2D eigenvalue weighted by atomic mass is 9.97. The molecule has 1 rings (SSSR count). The zero-order valence-electron chi connectivity index (χ0n) is 9.45. The Balaban J connectivity index is 2.90. The van der Waals surface area contributed by atoms with E-state index in [0.717, 1.165) is 11.4 Å². The van der Waals surface area contributed by atoms with Gasteiger partial charge in [-0.2, -0.15) is 5.10 Å². The molecule has 1 aromatic rings. The van der Waals surface area contributed by atoms with Gasteiger partial charge in [0, 0.05) is 13.5 Å². The van der Waals surface area contributed by atoms with Crippen LogP contribution in [0.2, 0.25) is 5.02 Å². The lowest BCUT2D eigenvalue weighted by Gasteiger charge is -2.24. The van der Waals surface area contributed by atoms with Crippen molar-refractivity contribution in [2.45, 2.75) is 38.9 Å². The summed E-state index contributed by atoms with van der Waals surface area (Å²) in [6.07, 6.45) is -0.565. The molecule has 0 saturated carbocycles. The third kappa shape index (κ3) is 2.71. The Morgan fingerprint density at radius 1 is 1.53 bits per heavy atom. The lowest BCUT2D eigenvalue weighted by Crippen LogP contribution is -2.37. The van der Waals surface area contributed by atoms with E-state index in [-0.39, 0.29) is 0 Å². The molecule has 0 spiro atoms. The van der Waals surface area contributed by atoms with Gasteiger partial charge < -0.3 is 10.2 Å². The Labute approximate surface area is 94.5 Å². The van der Waals surface area contributed by atoms with Gasteiger partial charge >= 0.3 is 0 Å². The third-order valence-electron chi connectivity index (χ3n) is 2.46. The molecule has 0 aromatic carbocycles. The summed E-state index contributed by atoms with van der Waals surface area (Å²) in [7, 11) is 1.77. The Morgan fingerprint density at radius 3 is 2.40 bits per heavy atom. The molecule has 15 heavy (non-hydrogen) atoms. The smallest absolute Gasteiger partial charge is 0.0877 e.